The first-order valence-corrected chi connectivity index (χ1v) is 6.62. The first-order chi connectivity index (χ1) is 7.45. The minimum absolute atomic E-state index is 0.347. The van der Waals surface area contributed by atoms with Crippen LogP contribution in [0.2, 0.25) is 0 Å². The van der Waals surface area contributed by atoms with Gasteiger partial charge in [-0.1, -0.05) is 0 Å². The van der Waals surface area contributed by atoms with E-state index in [1.807, 2.05) is 31.5 Å². The maximum atomic E-state index is 11.7. The summed E-state index contributed by atoms with van der Waals surface area (Å²) >= 11 is 5.65. The van der Waals surface area contributed by atoms with Crippen molar-refractivity contribution in [1.29, 1.82) is 0 Å². The molecule has 0 radical (unpaired) electrons. The SMILES string of the molecule is CC(C)(C)S(=O)/N=C/c1nccn1CCCl. The van der Waals surface area contributed by atoms with Gasteiger partial charge >= 0.3 is 0 Å². The normalized spacial score (nSPS) is 14.5. The highest BCUT2D eigenvalue weighted by Gasteiger charge is 2.18. The summed E-state index contributed by atoms with van der Waals surface area (Å²) in [5.41, 5.74) is 0. The number of nitrogens with zero attached hydrogens (tertiary/aromatic N) is 3. The standard InChI is InChI=1S/C10H16ClN3OS/c1-10(2,3)16(15)13-8-9-12-5-7-14(9)6-4-11/h5,7-8H,4,6H2,1-3H3/b13-8+. The Morgan fingerprint density at radius 1 is 1.62 bits per heavy atom. The molecule has 0 spiro atoms. The molecule has 1 aromatic rings. The lowest BCUT2D eigenvalue weighted by atomic mass is 10.3. The van der Waals surface area contributed by atoms with E-state index in [4.69, 9.17) is 11.6 Å². The Labute approximate surface area is 103 Å². The van der Waals surface area contributed by atoms with Gasteiger partial charge in [-0.3, -0.25) is 0 Å². The van der Waals surface area contributed by atoms with Gasteiger partial charge in [0, 0.05) is 24.8 Å². The Balaban J connectivity index is 2.76. The number of aryl methyl sites for hydroxylation is 1. The Kier molecular flexibility index (Phi) is 4.68. The van der Waals surface area contributed by atoms with Crippen molar-refractivity contribution in [2.24, 2.45) is 4.40 Å². The molecule has 0 saturated carbocycles. The highest BCUT2D eigenvalue weighted by molar-refractivity contribution is 7.85. The summed E-state index contributed by atoms with van der Waals surface area (Å²) in [5, 5.41) is 0. The molecule has 4 nitrogen and oxygen atoms in total. The van der Waals surface area contributed by atoms with Crippen LogP contribution in [-0.4, -0.2) is 30.6 Å². The molecule has 1 rings (SSSR count). The molecule has 1 heterocycles. The highest BCUT2D eigenvalue weighted by Crippen LogP contribution is 2.11. The Hall–Kier alpha value is -0.680. The smallest absolute Gasteiger partial charge is 0.151 e. The predicted molar refractivity (Wildman–Crippen MR) is 68.4 cm³/mol. The van der Waals surface area contributed by atoms with Crippen LogP contribution in [0.1, 0.15) is 26.6 Å². The van der Waals surface area contributed by atoms with Crippen molar-refractivity contribution in [3.63, 3.8) is 0 Å². The summed E-state index contributed by atoms with van der Waals surface area (Å²) in [6.07, 6.45) is 5.03. The molecule has 0 aromatic carbocycles. The molecular formula is C10H16ClN3OS. The molecule has 0 fully saturated rings. The topological polar surface area (TPSA) is 47.2 Å². The van der Waals surface area contributed by atoms with Gasteiger partial charge in [0.2, 0.25) is 0 Å². The third-order valence-corrected chi connectivity index (χ3v) is 3.37. The van der Waals surface area contributed by atoms with Gasteiger partial charge in [0.15, 0.2) is 5.82 Å². The molecule has 16 heavy (non-hydrogen) atoms. The molecule has 1 atom stereocenters. The molecule has 0 N–H and O–H groups in total. The van der Waals surface area contributed by atoms with Crippen molar-refractivity contribution in [2.75, 3.05) is 5.88 Å². The van der Waals surface area contributed by atoms with E-state index in [1.54, 1.807) is 6.20 Å². The number of hydrogen-bond acceptors (Lipinski definition) is 2. The third kappa shape index (κ3) is 3.72. The van der Waals surface area contributed by atoms with Crippen LogP contribution < -0.4 is 0 Å². The van der Waals surface area contributed by atoms with Gasteiger partial charge in [-0.05, 0) is 20.8 Å². The fourth-order valence-electron chi connectivity index (χ4n) is 0.981. The molecule has 6 heteroatoms. The molecule has 90 valence electrons. The van der Waals surface area contributed by atoms with Crippen molar-refractivity contribution in [3.05, 3.63) is 18.2 Å². The number of alkyl halides is 1. The van der Waals surface area contributed by atoms with Gasteiger partial charge < -0.3 is 4.57 Å². The Bertz CT molecular complexity index is 395. The number of halogens is 1. The lowest BCUT2D eigenvalue weighted by Crippen LogP contribution is -2.20. The fraction of sp³-hybridized carbons (Fsp3) is 0.600. The van der Waals surface area contributed by atoms with Crippen molar-refractivity contribution in [1.82, 2.24) is 9.55 Å². The van der Waals surface area contributed by atoms with Crippen molar-refractivity contribution < 1.29 is 4.21 Å². The van der Waals surface area contributed by atoms with Crippen LogP contribution in [0.15, 0.2) is 16.8 Å². The monoisotopic (exact) mass is 261 g/mol. The van der Waals surface area contributed by atoms with E-state index < -0.39 is 11.0 Å². The van der Waals surface area contributed by atoms with E-state index in [1.165, 1.54) is 6.21 Å². The number of hydrogen-bond donors (Lipinski definition) is 0. The minimum Gasteiger partial charge on any atom is -0.329 e. The average molecular weight is 262 g/mol. The highest BCUT2D eigenvalue weighted by atomic mass is 35.5. The average Bonchev–Trinajstić information content (AvgIpc) is 2.61. The van der Waals surface area contributed by atoms with E-state index in [2.05, 4.69) is 9.38 Å². The summed E-state index contributed by atoms with van der Waals surface area (Å²) in [4.78, 5) is 4.11. The maximum absolute atomic E-state index is 11.7. The summed E-state index contributed by atoms with van der Waals surface area (Å²) in [6, 6.07) is 0. The van der Waals surface area contributed by atoms with Crippen LogP contribution in [0.5, 0.6) is 0 Å². The summed E-state index contributed by atoms with van der Waals surface area (Å²) < 4.78 is 17.2. The van der Waals surface area contributed by atoms with Gasteiger partial charge in [0.05, 0.1) is 11.0 Å². The molecule has 0 aliphatic carbocycles. The van der Waals surface area contributed by atoms with Crippen LogP contribution >= 0.6 is 11.6 Å². The Morgan fingerprint density at radius 2 is 2.31 bits per heavy atom. The lowest BCUT2D eigenvalue weighted by Gasteiger charge is -2.12. The Morgan fingerprint density at radius 3 is 2.88 bits per heavy atom. The van der Waals surface area contributed by atoms with Crippen LogP contribution in [0.25, 0.3) is 0 Å². The minimum atomic E-state index is -1.25. The van der Waals surface area contributed by atoms with E-state index in [9.17, 15) is 4.21 Å². The van der Waals surface area contributed by atoms with Gasteiger partial charge in [-0.15, -0.1) is 11.6 Å². The van der Waals surface area contributed by atoms with Gasteiger partial charge in [0.25, 0.3) is 0 Å². The number of rotatable bonds is 4. The van der Waals surface area contributed by atoms with Crippen molar-refractivity contribution >= 4 is 28.8 Å². The summed E-state index contributed by atoms with van der Waals surface area (Å²) in [5.74, 6) is 1.19. The van der Waals surface area contributed by atoms with E-state index in [-0.39, 0.29) is 4.75 Å². The number of aromatic nitrogens is 2. The van der Waals surface area contributed by atoms with Crippen LogP contribution in [0.3, 0.4) is 0 Å². The summed E-state index contributed by atoms with van der Waals surface area (Å²) in [6.45, 7) is 6.31. The zero-order valence-corrected chi connectivity index (χ0v) is 11.3. The van der Waals surface area contributed by atoms with E-state index in [0.29, 0.717) is 18.2 Å². The van der Waals surface area contributed by atoms with Gasteiger partial charge in [-0.25, -0.2) is 9.19 Å². The van der Waals surface area contributed by atoms with Gasteiger partial charge in [-0.2, -0.15) is 4.40 Å². The van der Waals surface area contributed by atoms with Gasteiger partial charge in [0.1, 0.15) is 11.0 Å². The predicted octanol–water partition coefficient (Wildman–Crippen LogP) is 2.00. The van der Waals surface area contributed by atoms with Crippen LogP contribution in [0, 0.1) is 0 Å². The third-order valence-electron chi connectivity index (χ3n) is 1.86. The zero-order valence-electron chi connectivity index (χ0n) is 9.68. The second-order valence-corrected chi connectivity index (χ2v) is 6.58. The lowest BCUT2D eigenvalue weighted by molar-refractivity contribution is 0.650. The van der Waals surface area contributed by atoms with E-state index in [0.717, 1.165) is 0 Å². The quantitative estimate of drug-likeness (QED) is 0.615. The second kappa shape index (κ2) is 5.59. The van der Waals surface area contributed by atoms with Crippen LogP contribution in [-0.2, 0) is 17.5 Å². The fourth-order valence-corrected chi connectivity index (χ4v) is 1.67. The van der Waals surface area contributed by atoms with E-state index >= 15 is 0 Å². The first-order valence-electron chi connectivity index (χ1n) is 4.98. The molecule has 0 amide bonds. The molecule has 0 bridgehead atoms. The molecular weight excluding hydrogens is 246 g/mol. The maximum Gasteiger partial charge on any atom is 0.151 e. The molecule has 1 unspecified atom stereocenters. The van der Waals surface area contributed by atoms with Crippen molar-refractivity contribution in [3.8, 4) is 0 Å². The molecule has 0 aliphatic rings. The number of imidazole rings is 1. The largest absolute Gasteiger partial charge is 0.329 e. The molecule has 0 saturated heterocycles. The second-order valence-electron chi connectivity index (χ2n) is 4.26. The van der Waals surface area contributed by atoms with Crippen LogP contribution in [0.4, 0.5) is 0 Å². The zero-order chi connectivity index (χ0) is 12.2. The molecule has 1 aromatic heterocycles. The summed E-state index contributed by atoms with van der Waals surface area (Å²) in [7, 11) is -1.25. The molecule has 0 aliphatic heterocycles. The first kappa shape index (κ1) is 13.4. The van der Waals surface area contributed by atoms with Crippen molar-refractivity contribution in [2.45, 2.75) is 32.1 Å².